The van der Waals surface area contributed by atoms with Crippen molar-refractivity contribution in [3.8, 4) is 17.0 Å². The van der Waals surface area contributed by atoms with E-state index < -0.39 is 0 Å². The quantitative estimate of drug-likeness (QED) is 0.395. The van der Waals surface area contributed by atoms with Crippen LogP contribution in [0.25, 0.3) is 21.5 Å². The van der Waals surface area contributed by atoms with Crippen molar-refractivity contribution in [2.24, 2.45) is 0 Å². The summed E-state index contributed by atoms with van der Waals surface area (Å²) in [6, 6.07) is 13.7. The average molecular weight is 451 g/mol. The van der Waals surface area contributed by atoms with Gasteiger partial charge in [0.1, 0.15) is 22.0 Å². The lowest BCUT2D eigenvalue weighted by atomic mass is 10.1. The zero-order valence-electron chi connectivity index (χ0n) is 17.7. The normalized spacial score (nSPS) is 11.0. The Morgan fingerprint density at radius 1 is 1.06 bits per heavy atom. The molecule has 0 saturated carbocycles. The Bertz CT molecular complexity index is 1230. The maximum atomic E-state index is 12.6. The molecule has 158 valence electrons. The van der Waals surface area contributed by atoms with E-state index in [0.29, 0.717) is 5.03 Å². The molecule has 6 nitrogen and oxygen atoms in total. The highest BCUT2D eigenvalue weighted by Gasteiger charge is 2.17. The molecule has 0 bridgehead atoms. The number of rotatable bonds is 6. The van der Waals surface area contributed by atoms with E-state index in [9.17, 15) is 4.79 Å². The van der Waals surface area contributed by atoms with Crippen LogP contribution in [0.1, 0.15) is 16.1 Å². The smallest absolute Gasteiger partial charge is 0.234 e. The lowest BCUT2D eigenvalue weighted by molar-refractivity contribution is -0.113. The molecule has 2 aromatic heterocycles. The molecule has 8 heteroatoms. The topological polar surface area (TPSA) is 77.0 Å². The van der Waals surface area contributed by atoms with Gasteiger partial charge in [0, 0.05) is 11.3 Å². The second-order valence-corrected chi connectivity index (χ2v) is 9.26. The number of carbonyl (C=O) groups is 1. The number of thioether (sulfide) groups is 1. The molecule has 0 radical (unpaired) electrons. The third-order valence-corrected chi connectivity index (χ3v) is 6.77. The number of nitrogens with zero attached hydrogens (tertiary/aromatic N) is 3. The SMILES string of the molecule is COc1ccc(-c2nnc(SCC(=O)Nc3c(C)cccc3C)c3nc(C)sc23)cc1. The summed E-state index contributed by atoms with van der Waals surface area (Å²) in [5, 5.41) is 13.5. The first-order valence-electron chi connectivity index (χ1n) is 9.73. The highest BCUT2D eigenvalue weighted by atomic mass is 32.2. The van der Waals surface area contributed by atoms with Crippen molar-refractivity contribution in [2.75, 3.05) is 18.2 Å². The minimum Gasteiger partial charge on any atom is -0.497 e. The van der Waals surface area contributed by atoms with Crippen molar-refractivity contribution in [2.45, 2.75) is 25.8 Å². The Morgan fingerprint density at radius 3 is 2.45 bits per heavy atom. The molecule has 0 aliphatic carbocycles. The van der Waals surface area contributed by atoms with Gasteiger partial charge >= 0.3 is 0 Å². The number of hydrogen-bond donors (Lipinski definition) is 1. The predicted octanol–water partition coefficient (Wildman–Crippen LogP) is 5.42. The van der Waals surface area contributed by atoms with Crippen molar-refractivity contribution < 1.29 is 9.53 Å². The molecule has 0 fully saturated rings. The first kappa shape index (κ1) is 21.3. The summed E-state index contributed by atoms with van der Waals surface area (Å²) in [6.07, 6.45) is 0. The highest BCUT2D eigenvalue weighted by molar-refractivity contribution is 8.00. The number of ether oxygens (including phenoxy) is 1. The Morgan fingerprint density at radius 2 is 1.77 bits per heavy atom. The van der Waals surface area contributed by atoms with Crippen LogP contribution in [0, 0.1) is 20.8 Å². The van der Waals surface area contributed by atoms with Gasteiger partial charge in [-0.1, -0.05) is 30.0 Å². The molecule has 0 unspecified atom stereocenters. The highest BCUT2D eigenvalue weighted by Crippen LogP contribution is 2.35. The zero-order valence-corrected chi connectivity index (χ0v) is 19.4. The third-order valence-electron chi connectivity index (χ3n) is 4.84. The number of carbonyl (C=O) groups excluding carboxylic acids is 1. The molecule has 0 atom stereocenters. The van der Waals surface area contributed by atoms with Crippen molar-refractivity contribution in [1.29, 1.82) is 0 Å². The zero-order chi connectivity index (χ0) is 22.0. The van der Waals surface area contributed by atoms with Gasteiger partial charge in [-0.2, -0.15) is 0 Å². The van der Waals surface area contributed by atoms with Crippen molar-refractivity contribution in [3.63, 3.8) is 0 Å². The predicted molar refractivity (Wildman–Crippen MR) is 127 cm³/mol. The number of nitrogens with one attached hydrogen (secondary N) is 1. The molecular weight excluding hydrogens is 428 g/mol. The van der Waals surface area contributed by atoms with Crippen molar-refractivity contribution in [1.82, 2.24) is 15.2 Å². The summed E-state index contributed by atoms with van der Waals surface area (Å²) < 4.78 is 6.21. The molecular formula is C23H22N4O2S2. The summed E-state index contributed by atoms with van der Waals surface area (Å²) in [5.74, 6) is 0.940. The van der Waals surface area contributed by atoms with Gasteiger partial charge in [0.05, 0.1) is 22.6 Å². The Labute approximate surface area is 189 Å². The third kappa shape index (κ3) is 4.55. The molecule has 0 aliphatic rings. The number of hydrogen-bond acceptors (Lipinski definition) is 7. The molecule has 2 aromatic carbocycles. The number of thiazole rings is 1. The van der Waals surface area contributed by atoms with Gasteiger partial charge in [0.2, 0.25) is 5.91 Å². The minimum atomic E-state index is -0.0801. The number of fused-ring (bicyclic) bond motifs is 1. The summed E-state index contributed by atoms with van der Waals surface area (Å²) in [7, 11) is 1.64. The van der Waals surface area contributed by atoms with E-state index in [0.717, 1.165) is 49.0 Å². The van der Waals surface area contributed by atoms with E-state index in [4.69, 9.17) is 4.74 Å². The van der Waals surface area contributed by atoms with E-state index in [1.54, 1.807) is 18.4 Å². The number of amides is 1. The number of methoxy groups -OCH3 is 1. The van der Waals surface area contributed by atoms with E-state index in [2.05, 4.69) is 20.5 Å². The standard InChI is InChI=1S/C23H22N4O2S2/c1-13-6-5-7-14(2)19(13)25-18(28)12-30-23-21-22(31-15(3)24-21)20(26-27-23)16-8-10-17(29-4)11-9-16/h5-11H,12H2,1-4H3,(H,25,28). The summed E-state index contributed by atoms with van der Waals surface area (Å²) >= 11 is 2.93. The summed E-state index contributed by atoms with van der Waals surface area (Å²) in [6.45, 7) is 5.94. The first-order chi connectivity index (χ1) is 15.0. The van der Waals surface area contributed by atoms with Gasteiger partial charge in [-0.25, -0.2) is 4.98 Å². The second kappa shape index (κ2) is 9.03. The van der Waals surface area contributed by atoms with Gasteiger partial charge in [-0.3, -0.25) is 4.79 Å². The number of aryl methyl sites for hydroxylation is 3. The molecule has 0 aliphatic heterocycles. The molecule has 0 spiro atoms. The van der Waals surface area contributed by atoms with Crippen LogP contribution in [-0.2, 0) is 4.79 Å². The van der Waals surface area contributed by atoms with Crippen LogP contribution in [0.2, 0.25) is 0 Å². The van der Waals surface area contributed by atoms with E-state index in [1.165, 1.54) is 11.8 Å². The maximum Gasteiger partial charge on any atom is 0.234 e. The molecule has 1 amide bonds. The second-order valence-electron chi connectivity index (χ2n) is 7.10. The van der Waals surface area contributed by atoms with E-state index in [-0.39, 0.29) is 11.7 Å². The van der Waals surface area contributed by atoms with E-state index in [1.807, 2.05) is 63.2 Å². The molecule has 4 rings (SSSR count). The lowest BCUT2D eigenvalue weighted by Crippen LogP contribution is -2.16. The largest absolute Gasteiger partial charge is 0.497 e. The molecule has 0 saturated heterocycles. The van der Waals surface area contributed by atoms with Crippen LogP contribution in [0.4, 0.5) is 5.69 Å². The monoisotopic (exact) mass is 450 g/mol. The Hall–Kier alpha value is -2.97. The minimum absolute atomic E-state index is 0.0801. The lowest BCUT2D eigenvalue weighted by Gasteiger charge is -2.11. The average Bonchev–Trinajstić information content (AvgIpc) is 3.16. The molecule has 4 aromatic rings. The van der Waals surface area contributed by atoms with E-state index >= 15 is 0 Å². The van der Waals surface area contributed by atoms with Crippen molar-refractivity contribution in [3.05, 3.63) is 58.6 Å². The Kier molecular flexibility index (Phi) is 6.20. The fourth-order valence-corrected chi connectivity index (χ4v) is 4.99. The summed E-state index contributed by atoms with van der Waals surface area (Å²) in [4.78, 5) is 17.2. The van der Waals surface area contributed by atoms with Crippen LogP contribution in [-0.4, -0.2) is 34.0 Å². The van der Waals surface area contributed by atoms with Crippen LogP contribution in [0.3, 0.4) is 0 Å². The van der Waals surface area contributed by atoms with Gasteiger partial charge in [-0.15, -0.1) is 21.5 Å². The summed E-state index contributed by atoms with van der Waals surface area (Å²) in [5.41, 5.74) is 5.47. The fourth-order valence-electron chi connectivity index (χ4n) is 3.28. The molecule has 2 heterocycles. The number of aromatic nitrogens is 3. The van der Waals surface area contributed by atoms with Crippen LogP contribution in [0.5, 0.6) is 5.75 Å². The van der Waals surface area contributed by atoms with Crippen molar-refractivity contribution >= 4 is 44.9 Å². The number of anilines is 1. The molecule has 31 heavy (non-hydrogen) atoms. The first-order valence-corrected chi connectivity index (χ1v) is 11.5. The molecule has 1 N–H and O–H groups in total. The van der Waals surface area contributed by atoms with Crippen LogP contribution in [0.15, 0.2) is 47.5 Å². The van der Waals surface area contributed by atoms with Crippen LogP contribution < -0.4 is 10.1 Å². The van der Waals surface area contributed by atoms with Gasteiger partial charge in [-0.05, 0) is 56.2 Å². The number of benzene rings is 2. The maximum absolute atomic E-state index is 12.6. The van der Waals surface area contributed by atoms with Gasteiger partial charge in [0.15, 0.2) is 0 Å². The fraction of sp³-hybridized carbons (Fsp3) is 0.217. The number of para-hydroxylation sites is 1. The Balaban J connectivity index is 1.57. The van der Waals surface area contributed by atoms with Gasteiger partial charge < -0.3 is 10.1 Å². The van der Waals surface area contributed by atoms with Gasteiger partial charge in [0.25, 0.3) is 0 Å². The van der Waals surface area contributed by atoms with Crippen LogP contribution >= 0.6 is 23.1 Å².